The highest BCUT2D eigenvalue weighted by atomic mass is 35.5. The van der Waals surface area contributed by atoms with Crippen molar-refractivity contribution >= 4 is 51.6 Å². The summed E-state index contributed by atoms with van der Waals surface area (Å²) in [6.07, 6.45) is 3.13. The number of ether oxygens (including phenoxy) is 2. The molecule has 0 spiro atoms. The van der Waals surface area contributed by atoms with Gasteiger partial charge in [-0.2, -0.15) is 0 Å². The SMILES string of the molecule is COc1cc(NC(C)CCCN2C(=O)c3ccccc3C2=O)c2nccc(C)c2c1Oc1ccc(Cl)cc1Cl. The number of pyridine rings is 1. The van der Waals surface area contributed by atoms with Gasteiger partial charge in [-0.25, -0.2) is 0 Å². The summed E-state index contributed by atoms with van der Waals surface area (Å²) in [6, 6.07) is 15.8. The van der Waals surface area contributed by atoms with E-state index in [0.717, 1.165) is 28.6 Å². The number of methoxy groups -OCH3 is 1. The van der Waals surface area contributed by atoms with Crippen LogP contribution in [0.2, 0.25) is 10.0 Å². The van der Waals surface area contributed by atoms with Gasteiger partial charge in [0.15, 0.2) is 11.5 Å². The zero-order valence-electron chi connectivity index (χ0n) is 21.8. The molecule has 0 bridgehead atoms. The van der Waals surface area contributed by atoms with Gasteiger partial charge in [0.25, 0.3) is 11.8 Å². The third-order valence-corrected chi connectivity index (χ3v) is 7.30. The Morgan fingerprint density at radius 1 is 1.00 bits per heavy atom. The molecule has 1 N–H and O–H groups in total. The number of rotatable bonds is 9. The lowest BCUT2D eigenvalue weighted by atomic mass is 10.1. The van der Waals surface area contributed by atoms with Crippen molar-refractivity contribution in [1.82, 2.24) is 9.88 Å². The van der Waals surface area contributed by atoms with Gasteiger partial charge in [-0.15, -0.1) is 0 Å². The second kappa shape index (κ2) is 11.1. The number of fused-ring (bicyclic) bond motifs is 2. The third-order valence-electron chi connectivity index (χ3n) is 6.77. The Bertz CT molecular complexity index is 1560. The molecular weight excluding hydrogens is 537 g/mol. The molecule has 1 aromatic heterocycles. The Hall–Kier alpha value is -3.81. The van der Waals surface area contributed by atoms with Crippen molar-refractivity contribution in [3.8, 4) is 17.2 Å². The Morgan fingerprint density at radius 2 is 1.72 bits per heavy atom. The van der Waals surface area contributed by atoms with Gasteiger partial charge in [0.1, 0.15) is 5.75 Å². The number of aryl methyl sites for hydroxylation is 1. The van der Waals surface area contributed by atoms with Crippen molar-refractivity contribution in [3.63, 3.8) is 0 Å². The third kappa shape index (κ3) is 5.24. The van der Waals surface area contributed by atoms with Crippen molar-refractivity contribution in [2.45, 2.75) is 32.7 Å². The maximum Gasteiger partial charge on any atom is 0.261 e. The molecule has 0 radical (unpaired) electrons. The molecule has 2 heterocycles. The lowest BCUT2D eigenvalue weighted by Crippen LogP contribution is -2.31. The molecule has 200 valence electrons. The van der Waals surface area contributed by atoms with Gasteiger partial charge in [0.05, 0.1) is 39.8 Å². The first-order valence-corrected chi connectivity index (χ1v) is 13.3. The van der Waals surface area contributed by atoms with Crippen LogP contribution < -0.4 is 14.8 Å². The number of halogens is 2. The maximum atomic E-state index is 12.7. The van der Waals surface area contributed by atoms with E-state index in [2.05, 4.69) is 10.3 Å². The normalized spacial score (nSPS) is 13.5. The Balaban J connectivity index is 1.35. The largest absolute Gasteiger partial charge is 0.493 e. The second-order valence-electron chi connectivity index (χ2n) is 9.48. The van der Waals surface area contributed by atoms with Gasteiger partial charge in [-0.05, 0) is 68.7 Å². The lowest BCUT2D eigenvalue weighted by molar-refractivity contribution is 0.0651. The quantitative estimate of drug-likeness (QED) is 0.212. The van der Waals surface area contributed by atoms with Crippen LogP contribution in [0.25, 0.3) is 10.9 Å². The fraction of sp³-hybridized carbons (Fsp3) is 0.233. The summed E-state index contributed by atoms with van der Waals surface area (Å²) in [5.74, 6) is 1.01. The summed E-state index contributed by atoms with van der Waals surface area (Å²) >= 11 is 12.4. The molecule has 2 amide bonds. The lowest BCUT2D eigenvalue weighted by Gasteiger charge is -2.21. The Labute approximate surface area is 236 Å². The first kappa shape index (κ1) is 26.8. The molecule has 1 unspecified atom stereocenters. The van der Waals surface area contributed by atoms with Crippen molar-refractivity contribution < 1.29 is 19.1 Å². The molecule has 1 atom stereocenters. The van der Waals surface area contributed by atoms with E-state index < -0.39 is 0 Å². The van der Waals surface area contributed by atoms with E-state index >= 15 is 0 Å². The van der Waals surface area contributed by atoms with Crippen LogP contribution in [0.3, 0.4) is 0 Å². The first-order chi connectivity index (χ1) is 18.8. The summed E-state index contributed by atoms with van der Waals surface area (Å²) < 4.78 is 12.0. The number of nitrogens with one attached hydrogen (secondary N) is 1. The van der Waals surface area contributed by atoms with Crippen LogP contribution in [0.5, 0.6) is 17.2 Å². The zero-order chi connectivity index (χ0) is 27.7. The summed E-state index contributed by atoms with van der Waals surface area (Å²) in [5.41, 5.74) is 3.41. The topological polar surface area (TPSA) is 80.8 Å². The van der Waals surface area contributed by atoms with E-state index in [9.17, 15) is 9.59 Å². The summed E-state index contributed by atoms with van der Waals surface area (Å²) in [5, 5.41) is 5.22. The van der Waals surface area contributed by atoms with E-state index in [0.29, 0.717) is 51.4 Å². The Kier molecular flexibility index (Phi) is 7.64. The highest BCUT2D eigenvalue weighted by Crippen LogP contribution is 2.45. The minimum atomic E-state index is -0.233. The first-order valence-electron chi connectivity index (χ1n) is 12.6. The Morgan fingerprint density at radius 3 is 2.38 bits per heavy atom. The van der Waals surface area contributed by atoms with E-state index in [1.807, 2.05) is 26.0 Å². The van der Waals surface area contributed by atoms with E-state index in [1.165, 1.54) is 4.90 Å². The fourth-order valence-electron chi connectivity index (χ4n) is 4.80. The summed E-state index contributed by atoms with van der Waals surface area (Å²) in [7, 11) is 1.58. The van der Waals surface area contributed by atoms with Crippen LogP contribution in [0.15, 0.2) is 60.8 Å². The summed E-state index contributed by atoms with van der Waals surface area (Å²) in [6.45, 7) is 4.39. The standard InChI is InChI=1S/C30H27Cl2N3O4/c1-17-12-13-33-27-23(16-25(38-3)28(26(17)27)39-24-11-10-19(31)15-22(24)32)34-18(2)7-6-14-35-29(36)20-8-4-5-9-21(20)30(35)37/h4-5,8-13,15-16,18,34H,6-7,14H2,1-3H3. The van der Waals surface area contributed by atoms with E-state index in [1.54, 1.807) is 55.8 Å². The minimum absolute atomic E-state index is 0.0212. The van der Waals surface area contributed by atoms with Gasteiger partial charge in [0, 0.05) is 29.9 Å². The van der Waals surface area contributed by atoms with Crippen LogP contribution in [0, 0.1) is 6.92 Å². The molecule has 0 saturated heterocycles. The van der Waals surface area contributed by atoms with Crippen molar-refractivity contribution in [1.29, 1.82) is 0 Å². The number of hydrogen-bond acceptors (Lipinski definition) is 6. The van der Waals surface area contributed by atoms with Crippen LogP contribution in [-0.4, -0.2) is 41.4 Å². The second-order valence-corrected chi connectivity index (χ2v) is 10.3. The summed E-state index contributed by atoms with van der Waals surface area (Å²) in [4.78, 5) is 31.3. The van der Waals surface area contributed by atoms with Gasteiger partial charge >= 0.3 is 0 Å². The van der Waals surface area contributed by atoms with Gasteiger partial charge in [-0.1, -0.05) is 35.3 Å². The van der Waals surface area contributed by atoms with Gasteiger partial charge in [0.2, 0.25) is 0 Å². The number of nitrogens with zero attached hydrogens (tertiary/aromatic N) is 2. The van der Waals surface area contributed by atoms with Crippen LogP contribution in [0.1, 0.15) is 46.0 Å². The number of carbonyl (C=O) groups is 2. The van der Waals surface area contributed by atoms with Crippen molar-refractivity contribution in [2.75, 3.05) is 19.0 Å². The molecule has 3 aromatic carbocycles. The average molecular weight is 564 g/mol. The smallest absolute Gasteiger partial charge is 0.261 e. The van der Waals surface area contributed by atoms with E-state index in [-0.39, 0.29) is 17.9 Å². The van der Waals surface area contributed by atoms with Crippen LogP contribution in [-0.2, 0) is 0 Å². The number of aromatic nitrogens is 1. The molecule has 5 rings (SSSR count). The van der Waals surface area contributed by atoms with Crippen LogP contribution >= 0.6 is 23.2 Å². The molecule has 4 aromatic rings. The highest BCUT2D eigenvalue weighted by Gasteiger charge is 2.34. The number of anilines is 1. The molecule has 1 aliphatic heterocycles. The molecule has 0 fully saturated rings. The van der Waals surface area contributed by atoms with Gasteiger partial charge < -0.3 is 14.8 Å². The highest BCUT2D eigenvalue weighted by molar-refractivity contribution is 6.35. The average Bonchev–Trinajstić information content (AvgIpc) is 3.16. The molecule has 39 heavy (non-hydrogen) atoms. The van der Waals surface area contributed by atoms with Crippen LogP contribution in [0.4, 0.5) is 5.69 Å². The number of amides is 2. The fourth-order valence-corrected chi connectivity index (χ4v) is 5.25. The zero-order valence-corrected chi connectivity index (χ0v) is 23.3. The van der Waals surface area contributed by atoms with Crippen molar-refractivity contribution in [2.24, 2.45) is 0 Å². The molecular formula is C30H27Cl2N3O4. The predicted octanol–water partition coefficient (Wildman–Crippen LogP) is 7.53. The molecule has 9 heteroatoms. The number of hydrogen-bond donors (Lipinski definition) is 1. The minimum Gasteiger partial charge on any atom is -0.493 e. The molecule has 7 nitrogen and oxygen atoms in total. The van der Waals surface area contributed by atoms with Crippen molar-refractivity contribution in [3.05, 3.63) is 87.5 Å². The maximum absolute atomic E-state index is 12.7. The molecule has 0 aliphatic carbocycles. The molecule has 0 saturated carbocycles. The number of carbonyl (C=O) groups excluding carboxylic acids is 2. The van der Waals surface area contributed by atoms with E-state index in [4.69, 9.17) is 32.7 Å². The predicted molar refractivity (Wildman–Crippen MR) is 154 cm³/mol. The monoisotopic (exact) mass is 563 g/mol. The molecule has 1 aliphatic rings. The van der Waals surface area contributed by atoms with Gasteiger partial charge in [-0.3, -0.25) is 19.5 Å². The number of benzene rings is 3. The number of imide groups is 1.